The third kappa shape index (κ3) is 13.4. The molecule has 0 aliphatic carbocycles. The average Bonchev–Trinajstić information content (AvgIpc) is 2.31. The molecular formula is C11H22N2O3. The predicted molar refractivity (Wildman–Crippen MR) is 63.2 cm³/mol. The van der Waals surface area contributed by atoms with Gasteiger partial charge in [-0.15, -0.1) is 6.42 Å². The molecule has 3 N–H and O–H groups in total. The topological polar surface area (TPSA) is 65.7 Å². The van der Waals surface area contributed by atoms with Crippen molar-refractivity contribution in [2.24, 2.45) is 5.73 Å². The van der Waals surface area contributed by atoms with Crippen molar-refractivity contribution in [2.45, 2.75) is 0 Å². The Morgan fingerprint density at radius 3 is 2.19 bits per heavy atom. The minimum Gasteiger partial charge on any atom is -0.379 e. The summed E-state index contributed by atoms with van der Waals surface area (Å²) in [4.78, 5) is 0. The minimum atomic E-state index is 0.347. The zero-order valence-corrected chi connectivity index (χ0v) is 9.74. The molecule has 0 aromatic rings. The number of nitrogens with one attached hydrogen (secondary N) is 1. The molecule has 5 nitrogen and oxygen atoms in total. The van der Waals surface area contributed by atoms with Gasteiger partial charge in [0.2, 0.25) is 0 Å². The van der Waals surface area contributed by atoms with Gasteiger partial charge in [-0.05, 0) is 0 Å². The predicted octanol–water partition coefficient (Wildman–Crippen LogP) is -0.782. The van der Waals surface area contributed by atoms with E-state index in [0.717, 1.165) is 13.1 Å². The van der Waals surface area contributed by atoms with Crippen LogP contribution in [0.2, 0.25) is 0 Å². The zero-order chi connectivity index (χ0) is 11.9. The summed E-state index contributed by atoms with van der Waals surface area (Å²) in [5.41, 5.74) is 5.27. The molecule has 0 saturated heterocycles. The van der Waals surface area contributed by atoms with Gasteiger partial charge in [-0.3, -0.25) is 0 Å². The lowest BCUT2D eigenvalue weighted by Crippen LogP contribution is -2.25. The molecule has 0 amide bonds. The fourth-order valence-electron chi connectivity index (χ4n) is 0.950. The smallest absolute Gasteiger partial charge is 0.107 e. The van der Waals surface area contributed by atoms with E-state index >= 15 is 0 Å². The molecule has 0 aromatic heterocycles. The molecule has 0 aliphatic heterocycles. The minimum absolute atomic E-state index is 0.347. The van der Waals surface area contributed by atoms with E-state index in [-0.39, 0.29) is 0 Å². The van der Waals surface area contributed by atoms with E-state index in [4.69, 9.17) is 26.4 Å². The van der Waals surface area contributed by atoms with Crippen molar-refractivity contribution in [3.05, 3.63) is 0 Å². The Kier molecular flexibility index (Phi) is 13.8. The maximum atomic E-state index is 5.29. The number of rotatable bonds is 12. The molecule has 0 unspecified atom stereocenters. The molecule has 0 bridgehead atoms. The lowest BCUT2D eigenvalue weighted by Gasteiger charge is -2.06. The number of nitrogens with two attached hydrogens (primary N) is 1. The first-order valence-corrected chi connectivity index (χ1v) is 5.49. The molecule has 0 atom stereocenters. The van der Waals surface area contributed by atoms with Crippen LogP contribution >= 0.6 is 0 Å². The third-order valence-corrected chi connectivity index (χ3v) is 1.67. The van der Waals surface area contributed by atoms with Crippen LogP contribution in [0.15, 0.2) is 0 Å². The summed E-state index contributed by atoms with van der Waals surface area (Å²) < 4.78 is 15.5. The van der Waals surface area contributed by atoms with Crippen molar-refractivity contribution < 1.29 is 14.2 Å². The Morgan fingerprint density at radius 1 is 0.938 bits per heavy atom. The van der Waals surface area contributed by atoms with Gasteiger partial charge >= 0.3 is 0 Å². The largest absolute Gasteiger partial charge is 0.379 e. The van der Waals surface area contributed by atoms with Crippen molar-refractivity contribution in [1.29, 1.82) is 0 Å². The Balaban J connectivity index is 2.86. The van der Waals surface area contributed by atoms with Crippen LogP contribution in [0.3, 0.4) is 0 Å². The summed E-state index contributed by atoms with van der Waals surface area (Å²) in [6, 6.07) is 0. The van der Waals surface area contributed by atoms with Crippen LogP contribution in [-0.2, 0) is 14.2 Å². The normalized spacial score (nSPS) is 10.2. The molecule has 0 aliphatic rings. The van der Waals surface area contributed by atoms with Crippen LogP contribution in [-0.4, -0.2) is 59.3 Å². The van der Waals surface area contributed by atoms with Gasteiger partial charge in [0.15, 0.2) is 0 Å². The van der Waals surface area contributed by atoms with Crippen molar-refractivity contribution in [3.63, 3.8) is 0 Å². The molecule has 0 fully saturated rings. The fourth-order valence-corrected chi connectivity index (χ4v) is 0.950. The highest BCUT2D eigenvalue weighted by Crippen LogP contribution is 1.77. The van der Waals surface area contributed by atoms with Crippen molar-refractivity contribution >= 4 is 0 Å². The molecule has 5 heteroatoms. The van der Waals surface area contributed by atoms with Gasteiger partial charge in [0.1, 0.15) is 6.61 Å². The first-order valence-electron chi connectivity index (χ1n) is 5.49. The van der Waals surface area contributed by atoms with E-state index in [0.29, 0.717) is 46.2 Å². The highest BCUT2D eigenvalue weighted by molar-refractivity contribution is 4.82. The van der Waals surface area contributed by atoms with Crippen LogP contribution in [0.5, 0.6) is 0 Å². The average molecular weight is 230 g/mol. The van der Waals surface area contributed by atoms with Gasteiger partial charge in [0.05, 0.1) is 33.0 Å². The monoisotopic (exact) mass is 230 g/mol. The van der Waals surface area contributed by atoms with Crippen LogP contribution in [0.25, 0.3) is 0 Å². The van der Waals surface area contributed by atoms with Gasteiger partial charge in [-0.2, -0.15) is 0 Å². The lowest BCUT2D eigenvalue weighted by molar-refractivity contribution is 0.0604. The maximum Gasteiger partial charge on any atom is 0.107 e. The Labute approximate surface area is 97.6 Å². The summed E-state index contributed by atoms with van der Waals surface area (Å²) in [7, 11) is 0. The highest BCUT2D eigenvalue weighted by atomic mass is 16.5. The van der Waals surface area contributed by atoms with Crippen molar-refractivity contribution in [2.75, 3.05) is 59.3 Å². The van der Waals surface area contributed by atoms with Crippen molar-refractivity contribution in [3.8, 4) is 12.3 Å². The maximum absolute atomic E-state index is 5.29. The molecule has 0 aromatic carbocycles. The molecule has 0 spiro atoms. The van der Waals surface area contributed by atoms with E-state index in [9.17, 15) is 0 Å². The standard InChI is InChI=1S/C11H22N2O3/c1-2-6-14-10-11-16-9-5-13-4-8-15-7-3-12/h1,13H,3-12H2. The Bertz CT molecular complexity index is 171. The molecule has 0 heterocycles. The second-order valence-corrected chi connectivity index (χ2v) is 3.02. The van der Waals surface area contributed by atoms with Gasteiger partial charge in [-0.1, -0.05) is 5.92 Å². The second-order valence-electron chi connectivity index (χ2n) is 3.02. The molecule has 16 heavy (non-hydrogen) atoms. The summed E-state index contributed by atoms with van der Waals surface area (Å²) in [6.45, 7) is 5.62. The summed E-state index contributed by atoms with van der Waals surface area (Å²) in [5.74, 6) is 2.39. The van der Waals surface area contributed by atoms with E-state index in [1.54, 1.807) is 0 Å². The number of hydrogen-bond donors (Lipinski definition) is 2. The Morgan fingerprint density at radius 2 is 1.56 bits per heavy atom. The van der Waals surface area contributed by atoms with Gasteiger partial charge in [-0.25, -0.2) is 0 Å². The molecular weight excluding hydrogens is 208 g/mol. The van der Waals surface area contributed by atoms with Crippen LogP contribution in [0.4, 0.5) is 0 Å². The summed E-state index contributed by atoms with van der Waals surface area (Å²) in [6.07, 6.45) is 5.01. The van der Waals surface area contributed by atoms with Crippen molar-refractivity contribution in [1.82, 2.24) is 5.32 Å². The van der Waals surface area contributed by atoms with E-state index in [1.807, 2.05) is 0 Å². The Hall–Kier alpha value is -0.640. The molecule has 94 valence electrons. The summed E-state index contributed by atoms with van der Waals surface area (Å²) >= 11 is 0. The molecule has 0 saturated carbocycles. The molecule has 0 rings (SSSR count). The quantitative estimate of drug-likeness (QED) is 0.340. The van der Waals surface area contributed by atoms with E-state index in [2.05, 4.69) is 11.2 Å². The molecule has 0 radical (unpaired) electrons. The first-order chi connectivity index (χ1) is 7.91. The zero-order valence-electron chi connectivity index (χ0n) is 9.74. The fraction of sp³-hybridized carbons (Fsp3) is 0.818. The number of hydrogen-bond acceptors (Lipinski definition) is 5. The second kappa shape index (κ2) is 14.4. The van der Waals surface area contributed by atoms with E-state index < -0.39 is 0 Å². The summed E-state index contributed by atoms with van der Waals surface area (Å²) in [5, 5.41) is 3.18. The lowest BCUT2D eigenvalue weighted by atomic mass is 10.6. The van der Waals surface area contributed by atoms with Crippen LogP contribution in [0.1, 0.15) is 0 Å². The van der Waals surface area contributed by atoms with Crippen LogP contribution in [0, 0.1) is 12.3 Å². The first kappa shape index (κ1) is 15.4. The highest BCUT2D eigenvalue weighted by Gasteiger charge is 1.90. The van der Waals surface area contributed by atoms with E-state index in [1.165, 1.54) is 0 Å². The number of ether oxygens (including phenoxy) is 3. The van der Waals surface area contributed by atoms with Gasteiger partial charge in [0, 0.05) is 19.6 Å². The van der Waals surface area contributed by atoms with Gasteiger partial charge in [0.25, 0.3) is 0 Å². The third-order valence-electron chi connectivity index (χ3n) is 1.67. The van der Waals surface area contributed by atoms with Gasteiger partial charge < -0.3 is 25.3 Å². The number of terminal acetylenes is 1. The SMILES string of the molecule is C#CCOCCOCCNCCOCCN. The van der Waals surface area contributed by atoms with Crippen LogP contribution < -0.4 is 11.1 Å².